The molecule has 0 radical (unpaired) electrons. The van der Waals surface area contributed by atoms with E-state index in [4.69, 9.17) is 13.8 Å². The molecule has 0 atom stereocenters. The zero-order valence-electron chi connectivity index (χ0n) is 8.96. The lowest BCUT2D eigenvalue weighted by Crippen LogP contribution is -2.26. The molecule has 2 aromatic heterocycles. The summed E-state index contributed by atoms with van der Waals surface area (Å²) < 4.78 is 10.2. The molecule has 0 bridgehead atoms. The van der Waals surface area contributed by atoms with E-state index in [1.54, 1.807) is 18.2 Å². The van der Waals surface area contributed by atoms with Crippen molar-refractivity contribution in [2.24, 2.45) is 0 Å². The Morgan fingerprint density at radius 1 is 1.41 bits per heavy atom. The Morgan fingerprint density at radius 3 is 3.06 bits per heavy atom. The Kier molecular flexibility index (Phi) is 2.41. The monoisotopic (exact) mass is 234 g/mol. The normalized spacial score (nSPS) is 15.4. The van der Waals surface area contributed by atoms with Gasteiger partial charge in [-0.1, -0.05) is 5.16 Å². The van der Waals surface area contributed by atoms with Crippen molar-refractivity contribution < 1.29 is 18.6 Å². The van der Waals surface area contributed by atoms with E-state index in [1.807, 2.05) is 0 Å². The molecule has 6 nitrogen and oxygen atoms in total. The lowest BCUT2D eigenvalue weighted by atomic mass is 10.3. The fraction of sp³-hybridized carbons (Fsp3) is 0.273. The predicted molar refractivity (Wildman–Crippen MR) is 55.8 cm³/mol. The highest BCUT2D eigenvalue weighted by molar-refractivity contribution is 5.92. The van der Waals surface area contributed by atoms with Crippen LogP contribution in [-0.2, 0) is 4.84 Å². The topological polar surface area (TPSA) is 68.7 Å². The van der Waals surface area contributed by atoms with Gasteiger partial charge in [0.15, 0.2) is 11.5 Å². The number of hydrogen-bond acceptors (Lipinski definition) is 5. The Balaban J connectivity index is 1.82. The third-order valence-electron chi connectivity index (χ3n) is 2.47. The number of rotatable bonds is 2. The molecule has 17 heavy (non-hydrogen) atoms. The highest BCUT2D eigenvalue weighted by Gasteiger charge is 2.24. The van der Waals surface area contributed by atoms with Gasteiger partial charge in [0.05, 0.1) is 19.4 Å². The summed E-state index contributed by atoms with van der Waals surface area (Å²) >= 11 is 0. The highest BCUT2D eigenvalue weighted by atomic mass is 16.7. The maximum absolute atomic E-state index is 11.9. The first-order chi connectivity index (χ1) is 8.34. The van der Waals surface area contributed by atoms with Crippen molar-refractivity contribution >= 4 is 5.91 Å². The van der Waals surface area contributed by atoms with E-state index in [0.29, 0.717) is 24.7 Å². The van der Waals surface area contributed by atoms with Crippen molar-refractivity contribution in [1.29, 1.82) is 0 Å². The van der Waals surface area contributed by atoms with Crippen molar-refractivity contribution in [1.82, 2.24) is 10.2 Å². The molecule has 1 amide bonds. The smallest absolute Gasteiger partial charge is 0.299 e. The van der Waals surface area contributed by atoms with Gasteiger partial charge in [-0.25, -0.2) is 5.06 Å². The summed E-state index contributed by atoms with van der Waals surface area (Å²) in [4.78, 5) is 17.0. The molecule has 1 saturated heterocycles. The predicted octanol–water partition coefficient (Wildman–Crippen LogP) is 1.71. The minimum atomic E-state index is -0.288. The van der Waals surface area contributed by atoms with Crippen LogP contribution in [0.3, 0.4) is 0 Å². The molecular formula is C11H10N2O4. The number of carbonyl (C=O) groups excluding carboxylic acids is 1. The van der Waals surface area contributed by atoms with Gasteiger partial charge in [0, 0.05) is 6.07 Å². The van der Waals surface area contributed by atoms with Gasteiger partial charge < -0.3 is 8.94 Å². The molecule has 0 unspecified atom stereocenters. The van der Waals surface area contributed by atoms with E-state index >= 15 is 0 Å². The molecule has 0 aromatic carbocycles. The molecule has 88 valence electrons. The van der Waals surface area contributed by atoms with Crippen LogP contribution in [0.15, 0.2) is 33.4 Å². The minimum Gasteiger partial charge on any atom is -0.461 e. The van der Waals surface area contributed by atoms with Gasteiger partial charge in [-0.2, -0.15) is 0 Å². The quantitative estimate of drug-likeness (QED) is 0.791. The molecule has 3 heterocycles. The number of aromatic nitrogens is 1. The Hall–Kier alpha value is -2.08. The largest absolute Gasteiger partial charge is 0.461 e. The minimum absolute atomic E-state index is 0.221. The van der Waals surface area contributed by atoms with Crippen molar-refractivity contribution in [3.63, 3.8) is 0 Å². The fourth-order valence-corrected chi connectivity index (χ4v) is 1.65. The highest BCUT2D eigenvalue weighted by Crippen LogP contribution is 2.21. The van der Waals surface area contributed by atoms with Crippen LogP contribution >= 0.6 is 0 Å². The number of hydrogen-bond donors (Lipinski definition) is 0. The van der Waals surface area contributed by atoms with Crippen molar-refractivity contribution in [2.75, 3.05) is 13.2 Å². The van der Waals surface area contributed by atoms with Crippen molar-refractivity contribution in [3.05, 3.63) is 30.2 Å². The average molecular weight is 234 g/mol. The number of furan rings is 1. The molecule has 1 aliphatic rings. The summed E-state index contributed by atoms with van der Waals surface area (Å²) in [5.41, 5.74) is 0.221. The summed E-state index contributed by atoms with van der Waals surface area (Å²) in [6, 6.07) is 5.02. The van der Waals surface area contributed by atoms with Crippen LogP contribution in [0.5, 0.6) is 0 Å². The second-order valence-electron chi connectivity index (χ2n) is 3.65. The van der Waals surface area contributed by atoms with E-state index < -0.39 is 0 Å². The summed E-state index contributed by atoms with van der Waals surface area (Å²) in [6.07, 6.45) is 2.37. The van der Waals surface area contributed by atoms with Crippen LogP contribution in [0.4, 0.5) is 0 Å². The lowest BCUT2D eigenvalue weighted by molar-refractivity contribution is -0.0773. The van der Waals surface area contributed by atoms with E-state index in [1.165, 1.54) is 11.3 Å². The Bertz CT molecular complexity index is 511. The van der Waals surface area contributed by atoms with E-state index in [-0.39, 0.29) is 11.6 Å². The molecule has 1 fully saturated rings. The maximum Gasteiger partial charge on any atom is 0.299 e. The van der Waals surface area contributed by atoms with E-state index in [9.17, 15) is 4.79 Å². The molecular weight excluding hydrogens is 224 g/mol. The van der Waals surface area contributed by atoms with Gasteiger partial charge in [-0.05, 0) is 18.6 Å². The molecule has 3 rings (SSSR count). The van der Waals surface area contributed by atoms with Gasteiger partial charge in [0.2, 0.25) is 5.76 Å². The SMILES string of the molecule is O=C(c1cc(-c2ccco2)on1)N1CCCO1. The summed E-state index contributed by atoms with van der Waals surface area (Å²) in [6.45, 7) is 1.15. The molecule has 6 heteroatoms. The maximum atomic E-state index is 11.9. The van der Waals surface area contributed by atoms with Gasteiger partial charge in [0.25, 0.3) is 5.91 Å². The number of carbonyl (C=O) groups is 1. The summed E-state index contributed by atoms with van der Waals surface area (Å²) in [7, 11) is 0. The number of amides is 1. The molecule has 0 N–H and O–H groups in total. The number of nitrogens with zero attached hydrogens (tertiary/aromatic N) is 2. The van der Waals surface area contributed by atoms with E-state index in [0.717, 1.165) is 6.42 Å². The van der Waals surface area contributed by atoms with Crippen LogP contribution in [-0.4, -0.2) is 29.3 Å². The summed E-state index contributed by atoms with van der Waals surface area (Å²) in [5, 5.41) is 5.01. The van der Waals surface area contributed by atoms with Crippen LogP contribution < -0.4 is 0 Å². The summed E-state index contributed by atoms with van der Waals surface area (Å²) in [5.74, 6) is 0.681. The first-order valence-electron chi connectivity index (χ1n) is 5.30. The van der Waals surface area contributed by atoms with Gasteiger partial charge >= 0.3 is 0 Å². The van der Waals surface area contributed by atoms with Gasteiger partial charge in [-0.15, -0.1) is 0 Å². The van der Waals surface area contributed by atoms with Crippen LogP contribution in [0.1, 0.15) is 16.9 Å². The molecule has 2 aromatic rings. The third-order valence-corrected chi connectivity index (χ3v) is 2.47. The Labute approximate surface area is 96.7 Å². The second kappa shape index (κ2) is 4.06. The third kappa shape index (κ3) is 1.83. The molecule has 0 spiro atoms. The van der Waals surface area contributed by atoms with Crippen LogP contribution in [0.2, 0.25) is 0 Å². The number of hydroxylamine groups is 2. The average Bonchev–Trinajstić information content (AvgIpc) is 3.09. The van der Waals surface area contributed by atoms with Crippen LogP contribution in [0.25, 0.3) is 11.5 Å². The van der Waals surface area contributed by atoms with Gasteiger partial charge in [0.1, 0.15) is 0 Å². The molecule has 0 saturated carbocycles. The Morgan fingerprint density at radius 2 is 2.35 bits per heavy atom. The van der Waals surface area contributed by atoms with E-state index in [2.05, 4.69) is 5.16 Å². The lowest BCUT2D eigenvalue weighted by Gasteiger charge is -2.10. The van der Waals surface area contributed by atoms with Crippen LogP contribution in [0, 0.1) is 0 Å². The molecule has 1 aliphatic heterocycles. The van der Waals surface area contributed by atoms with Gasteiger partial charge in [-0.3, -0.25) is 9.63 Å². The first kappa shape index (κ1) is 10.1. The zero-order valence-corrected chi connectivity index (χ0v) is 8.96. The second-order valence-corrected chi connectivity index (χ2v) is 3.65. The molecule has 0 aliphatic carbocycles. The van der Waals surface area contributed by atoms with Crippen molar-refractivity contribution in [3.8, 4) is 11.5 Å². The van der Waals surface area contributed by atoms with Crippen molar-refractivity contribution in [2.45, 2.75) is 6.42 Å². The zero-order chi connectivity index (χ0) is 11.7. The fourth-order valence-electron chi connectivity index (χ4n) is 1.65. The standard InChI is InChI=1S/C11H10N2O4/c14-11(13-4-2-6-16-13)8-7-10(17-12-8)9-3-1-5-15-9/h1,3,5,7H,2,4,6H2. The first-order valence-corrected chi connectivity index (χ1v) is 5.30.